The number of aryl methyl sites for hydroxylation is 1. The third kappa shape index (κ3) is 3.19. The molecule has 0 heterocycles. The van der Waals surface area contributed by atoms with Crippen molar-refractivity contribution in [2.45, 2.75) is 19.4 Å². The largest absolute Gasteiger partial charge is 0.394 e. The molecule has 2 N–H and O–H groups in total. The predicted molar refractivity (Wildman–Crippen MR) is 75.6 cm³/mol. The second-order valence-electron chi connectivity index (χ2n) is 5.23. The highest BCUT2D eigenvalue weighted by Gasteiger charge is 2.32. The zero-order valence-electron chi connectivity index (χ0n) is 11.8. The van der Waals surface area contributed by atoms with E-state index >= 15 is 0 Å². The second kappa shape index (κ2) is 5.77. The van der Waals surface area contributed by atoms with Gasteiger partial charge in [-0.25, -0.2) is 13.2 Å². The zero-order chi connectivity index (χ0) is 15.6. The molecule has 2 nitrogen and oxygen atoms in total. The number of benzene rings is 2. The number of nitrogens with one attached hydrogen (secondary N) is 1. The Kier molecular flexibility index (Phi) is 4.23. The average Bonchev–Trinajstić information content (AvgIpc) is 2.37. The Morgan fingerprint density at radius 2 is 1.71 bits per heavy atom. The molecule has 0 aliphatic rings. The first-order valence-corrected chi connectivity index (χ1v) is 6.46. The molecule has 112 valence electrons. The van der Waals surface area contributed by atoms with Crippen LogP contribution in [-0.4, -0.2) is 11.7 Å². The van der Waals surface area contributed by atoms with Crippen LogP contribution in [0.25, 0.3) is 0 Å². The molecule has 0 spiro atoms. The summed E-state index contributed by atoms with van der Waals surface area (Å²) < 4.78 is 41.3. The maximum atomic E-state index is 13.9. The first-order valence-electron chi connectivity index (χ1n) is 6.46. The van der Waals surface area contributed by atoms with E-state index in [2.05, 4.69) is 5.32 Å². The number of hydrogen-bond acceptors (Lipinski definition) is 2. The fourth-order valence-electron chi connectivity index (χ4n) is 2.33. The van der Waals surface area contributed by atoms with Crippen molar-refractivity contribution in [1.82, 2.24) is 0 Å². The van der Waals surface area contributed by atoms with Crippen LogP contribution in [0.2, 0.25) is 0 Å². The normalized spacial score (nSPS) is 13.8. The molecule has 2 aromatic carbocycles. The number of aliphatic hydroxyl groups is 1. The van der Waals surface area contributed by atoms with Crippen molar-refractivity contribution in [3.8, 4) is 0 Å². The van der Waals surface area contributed by atoms with Crippen LogP contribution in [-0.2, 0) is 5.54 Å². The molecule has 0 amide bonds. The fraction of sp³-hybridized carbons (Fsp3) is 0.250. The van der Waals surface area contributed by atoms with Gasteiger partial charge >= 0.3 is 0 Å². The van der Waals surface area contributed by atoms with Gasteiger partial charge in [0, 0.05) is 5.69 Å². The van der Waals surface area contributed by atoms with Crippen LogP contribution in [0.3, 0.4) is 0 Å². The average molecular weight is 295 g/mol. The van der Waals surface area contributed by atoms with Crippen molar-refractivity contribution >= 4 is 5.69 Å². The van der Waals surface area contributed by atoms with E-state index in [0.29, 0.717) is 11.3 Å². The van der Waals surface area contributed by atoms with Crippen LogP contribution in [0.15, 0.2) is 36.4 Å². The van der Waals surface area contributed by atoms with E-state index in [1.165, 1.54) is 25.1 Å². The monoisotopic (exact) mass is 295 g/mol. The van der Waals surface area contributed by atoms with Gasteiger partial charge in [-0.15, -0.1) is 0 Å². The highest BCUT2D eigenvalue weighted by Crippen LogP contribution is 2.30. The molecule has 0 saturated carbocycles. The van der Waals surface area contributed by atoms with E-state index in [1.807, 2.05) is 0 Å². The van der Waals surface area contributed by atoms with Crippen LogP contribution in [0.1, 0.15) is 18.1 Å². The van der Waals surface area contributed by atoms with Gasteiger partial charge in [-0.05, 0) is 49.7 Å². The van der Waals surface area contributed by atoms with Crippen LogP contribution >= 0.6 is 0 Å². The molecule has 0 radical (unpaired) electrons. The summed E-state index contributed by atoms with van der Waals surface area (Å²) in [5.41, 5.74) is -0.691. The standard InChI is InChI=1S/C16H16F3NO/c1-10-6-11(17)8-12(7-10)20-16(2,9-21)15-13(18)4-3-5-14(15)19/h3-8,20-21H,9H2,1-2H3. The van der Waals surface area contributed by atoms with Gasteiger partial charge in [-0.1, -0.05) is 6.07 Å². The molecule has 0 bridgehead atoms. The first-order chi connectivity index (χ1) is 9.85. The van der Waals surface area contributed by atoms with Gasteiger partial charge in [0.15, 0.2) is 0 Å². The smallest absolute Gasteiger partial charge is 0.131 e. The Bertz CT molecular complexity index is 619. The summed E-state index contributed by atoms with van der Waals surface area (Å²) in [6.45, 7) is 2.60. The number of hydrogen-bond donors (Lipinski definition) is 2. The topological polar surface area (TPSA) is 32.3 Å². The van der Waals surface area contributed by atoms with Crippen molar-refractivity contribution in [2.24, 2.45) is 0 Å². The molecule has 1 unspecified atom stereocenters. The molecule has 0 saturated heterocycles. The molecule has 0 aliphatic carbocycles. The van der Waals surface area contributed by atoms with Crippen molar-refractivity contribution in [3.63, 3.8) is 0 Å². The molecular formula is C16H16F3NO. The molecule has 0 aliphatic heterocycles. The molecule has 1 atom stereocenters. The number of rotatable bonds is 4. The van der Waals surface area contributed by atoms with Crippen molar-refractivity contribution in [1.29, 1.82) is 0 Å². The van der Waals surface area contributed by atoms with Crippen LogP contribution < -0.4 is 5.32 Å². The first kappa shape index (κ1) is 15.4. The highest BCUT2D eigenvalue weighted by molar-refractivity contribution is 5.50. The number of aliphatic hydroxyl groups excluding tert-OH is 1. The summed E-state index contributed by atoms with van der Waals surface area (Å²) in [5.74, 6) is -2.01. The summed E-state index contributed by atoms with van der Waals surface area (Å²) in [6.07, 6.45) is 0. The molecule has 2 rings (SSSR count). The molecule has 21 heavy (non-hydrogen) atoms. The van der Waals surface area contributed by atoms with E-state index in [0.717, 1.165) is 12.1 Å². The molecule has 5 heteroatoms. The minimum atomic E-state index is -1.41. The van der Waals surface area contributed by atoms with Gasteiger partial charge < -0.3 is 10.4 Å². The molecule has 0 aromatic heterocycles. The summed E-state index contributed by atoms with van der Waals surface area (Å²) in [7, 11) is 0. The predicted octanol–water partition coefficient (Wildman–Crippen LogP) is 3.73. The highest BCUT2D eigenvalue weighted by atomic mass is 19.1. The van der Waals surface area contributed by atoms with E-state index in [4.69, 9.17) is 0 Å². The van der Waals surface area contributed by atoms with Crippen LogP contribution in [0.5, 0.6) is 0 Å². The lowest BCUT2D eigenvalue weighted by Gasteiger charge is -2.31. The van der Waals surface area contributed by atoms with E-state index in [9.17, 15) is 18.3 Å². The summed E-state index contributed by atoms with van der Waals surface area (Å²) >= 11 is 0. The van der Waals surface area contributed by atoms with Gasteiger partial charge in [-0.2, -0.15) is 0 Å². The maximum absolute atomic E-state index is 13.9. The molecular weight excluding hydrogens is 279 g/mol. The minimum Gasteiger partial charge on any atom is -0.394 e. The van der Waals surface area contributed by atoms with Crippen molar-refractivity contribution in [2.75, 3.05) is 11.9 Å². The summed E-state index contributed by atoms with van der Waals surface area (Å²) in [6, 6.07) is 7.66. The fourth-order valence-corrected chi connectivity index (χ4v) is 2.33. The zero-order valence-corrected chi connectivity index (χ0v) is 11.8. The lowest BCUT2D eigenvalue weighted by Crippen LogP contribution is -2.38. The molecule has 0 fully saturated rings. The quantitative estimate of drug-likeness (QED) is 0.900. The maximum Gasteiger partial charge on any atom is 0.131 e. The van der Waals surface area contributed by atoms with Crippen LogP contribution in [0.4, 0.5) is 18.9 Å². The van der Waals surface area contributed by atoms with Gasteiger partial charge in [0.25, 0.3) is 0 Å². The number of halogens is 3. The Morgan fingerprint density at radius 3 is 2.24 bits per heavy atom. The summed E-state index contributed by atoms with van der Waals surface area (Å²) in [4.78, 5) is 0. The van der Waals surface area contributed by atoms with E-state index in [-0.39, 0.29) is 5.56 Å². The van der Waals surface area contributed by atoms with Crippen LogP contribution in [0, 0.1) is 24.4 Å². The minimum absolute atomic E-state index is 0.283. The Labute approximate surface area is 121 Å². The summed E-state index contributed by atoms with van der Waals surface area (Å²) in [5, 5.41) is 12.4. The van der Waals surface area contributed by atoms with Gasteiger partial charge in [-0.3, -0.25) is 0 Å². The SMILES string of the molecule is Cc1cc(F)cc(NC(C)(CO)c2c(F)cccc2F)c1. The molecule has 2 aromatic rings. The second-order valence-corrected chi connectivity index (χ2v) is 5.23. The number of anilines is 1. The lowest BCUT2D eigenvalue weighted by molar-refractivity contribution is 0.216. The third-order valence-electron chi connectivity index (χ3n) is 3.29. The Morgan fingerprint density at radius 1 is 1.10 bits per heavy atom. The third-order valence-corrected chi connectivity index (χ3v) is 3.29. The lowest BCUT2D eigenvalue weighted by atomic mass is 9.91. The Balaban J connectivity index is 2.46. The Hall–Kier alpha value is -2.01. The van der Waals surface area contributed by atoms with Gasteiger partial charge in [0.1, 0.15) is 17.5 Å². The van der Waals surface area contributed by atoms with Gasteiger partial charge in [0.05, 0.1) is 17.7 Å². The van der Waals surface area contributed by atoms with Gasteiger partial charge in [0.2, 0.25) is 0 Å². The van der Waals surface area contributed by atoms with E-state index in [1.54, 1.807) is 13.0 Å². The van der Waals surface area contributed by atoms with E-state index < -0.39 is 29.6 Å². The van der Waals surface area contributed by atoms with Crippen molar-refractivity contribution < 1.29 is 18.3 Å². The van der Waals surface area contributed by atoms with Crippen molar-refractivity contribution in [3.05, 3.63) is 65.0 Å².